The Labute approximate surface area is 114 Å². The van der Waals surface area contributed by atoms with Crippen LogP contribution in [0.25, 0.3) is 0 Å². The molecule has 1 heterocycles. The zero-order valence-electron chi connectivity index (χ0n) is 10.5. The smallest absolute Gasteiger partial charge is 0.146 e. The van der Waals surface area contributed by atoms with Gasteiger partial charge in [0.05, 0.1) is 5.69 Å². The van der Waals surface area contributed by atoms with Gasteiger partial charge in [0.2, 0.25) is 0 Å². The zero-order valence-corrected chi connectivity index (χ0v) is 11.2. The van der Waals surface area contributed by atoms with Crippen molar-refractivity contribution < 1.29 is 8.78 Å². The van der Waals surface area contributed by atoms with Gasteiger partial charge >= 0.3 is 0 Å². The average molecular weight is 284 g/mol. The fourth-order valence-electron chi connectivity index (χ4n) is 1.53. The normalized spacial score (nSPS) is 10.6. The van der Waals surface area contributed by atoms with Gasteiger partial charge in [0.15, 0.2) is 0 Å². The van der Waals surface area contributed by atoms with Crippen LogP contribution in [0.3, 0.4) is 0 Å². The lowest BCUT2D eigenvalue weighted by Gasteiger charge is -2.11. The van der Waals surface area contributed by atoms with Crippen LogP contribution < -0.4 is 5.32 Å². The van der Waals surface area contributed by atoms with Crippen LogP contribution in [-0.2, 0) is 6.42 Å². The number of halogens is 3. The Morgan fingerprint density at radius 3 is 2.68 bits per heavy atom. The molecule has 1 N–H and O–H groups in total. The van der Waals surface area contributed by atoms with Crippen LogP contribution in [0.4, 0.5) is 20.3 Å². The van der Waals surface area contributed by atoms with E-state index >= 15 is 0 Å². The maximum atomic E-state index is 13.6. The van der Waals surface area contributed by atoms with Gasteiger partial charge in [-0.3, -0.25) is 0 Å². The molecule has 0 aliphatic heterocycles. The number of nitrogens with one attached hydrogen (secondary N) is 1. The lowest BCUT2D eigenvalue weighted by Crippen LogP contribution is -2.04. The number of benzene rings is 1. The Hall–Kier alpha value is -1.75. The van der Waals surface area contributed by atoms with Gasteiger partial charge in [-0.1, -0.05) is 18.5 Å². The summed E-state index contributed by atoms with van der Waals surface area (Å²) in [7, 11) is 0. The maximum absolute atomic E-state index is 13.6. The van der Waals surface area contributed by atoms with E-state index in [0.717, 1.165) is 18.2 Å². The molecule has 6 heteroatoms. The summed E-state index contributed by atoms with van der Waals surface area (Å²) in [5.41, 5.74) is 0.599. The van der Waals surface area contributed by atoms with E-state index in [-0.39, 0.29) is 5.69 Å². The van der Waals surface area contributed by atoms with E-state index in [4.69, 9.17) is 11.6 Å². The highest BCUT2D eigenvalue weighted by molar-refractivity contribution is 6.30. The summed E-state index contributed by atoms with van der Waals surface area (Å²) in [4.78, 5) is 8.30. The van der Waals surface area contributed by atoms with Crippen molar-refractivity contribution >= 4 is 23.1 Å². The first-order valence-corrected chi connectivity index (χ1v) is 6.14. The van der Waals surface area contributed by atoms with E-state index in [0.29, 0.717) is 28.8 Å². The summed E-state index contributed by atoms with van der Waals surface area (Å²) >= 11 is 5.98. The van der Waals surface area contributed by atoms with Crippen molar-refractivity contribution in [2.45, 2.75) is 20.3 Å². The molecule has 0 radical (unpaired) electrons. The number of hydrogen-bond acceptors (Lipinski definition) is 3. The summed E-state index contributed by atoms with van der Waals surface area (Å²) in [6, 6.07) is 3.17. The van der Waals surface area contributed by atoms with E-state index in [9.17, 15) is 8.78 Å². The lowest BCUT2D eigenvalue weighted by atomic mass is 10.2. The largest absolute Gasteiger partial charge is 0.337 e. The molecule has 0 saturated heterocycles. The Balaban J connectivity index is 2.42. The molecule has 1 aromatic heterocycles. The number of aromatic nitrogens is 2. The van der Waals surface area contributed by atoms with Gasteiger partial charge in [-0.25, -0.2) is 18.7 Å². The second kappa shape index (κ2) is 5.48. The molecule has 0 fully saturated rings. The Kier molecular flexibility index (Phi) is 3.95. The molecule has 100 valence electrons. The van der Waals surface area contributed by atoms with E-state index in [2.05, 4.69) is 15.3 Å². The minimum atomic E-state index is -0.561. The van der Waals surface area contributed by atoms with E-state index in [1.807, 2.05) is 6.92 Å². The van der Waals surface area contributed by atoms with Crippen LogP contribution in [-0.4, -0.2) is 9.97 Å². The summed E-state index contributed by atoms with van der Waals surface area (Å²) in [6.07, 6.45) is 0.598. The molecule has 0 saturated carbocycles. The molecular weight excluding hydrogens is 272 g/mol. The minimum absolute atomic E-state index is 0.0138. The van der Waals surface area contributed by atoms with Gasteiger partial charge in [-0.05, 0) is 19.1 Å². The SMILES string of the molecule is CCc1nc(Cl)c(C)c(Nc2cc(F)ccc2F)n1. The highest BCUT2D eigenvalue weighted by Gasteiger charge is 2.11. The molecule has 0 aliphatic rings. The molecule has 0 unspecified atom stereocenters. The standard InChI is InChI=1S/C13H12ClF2N3/c1-3-11-18-12(14)7(2)13(19-11)17-10-6-8(15)4-5-9(10)16/h4-6H,3H2,1-2H3,(H,17,18,19). The van der Waals surface area contributed by atoms with E-state index in [1.165, 1.54) is 0 Å². The highest BCUT2D eigenvalue weighted by Crippen LogP contribution is 2.25. The van der Waals surface area contributed by atoms with Crippen molar-refractivity contribution in [3.8, 4) is 0 Å². The fraction of sp³-hybridized carbons (Fsp3) is 0.231. The highest BCUT2D eigenvalue weighted by atomic mass is 35.5. The molecule has 2 rings (SSSR count). The predicted molar refractivity (Wildman–Crippen MR) is 70.8 cm³/mol. The first kappa shape index (κ1) is 13.7. The Morgan fingerprint density at radius 2 is 2.00 bits per heavy atom. The van der Waals surface area contributed by atoms with Crippen molar-refractivity contribution in [1.29, 1.82) is 0 Å². The number of hydrogen-bond donors (Lipinski definition) is 1. The van der Waals surface area contributed by atoms with Crippen LogP contribution in [0.1, 0.15) is 18.3 Å². The molecular formula is C13H12ClF2N3. The van der Waals surface area contributed by atoms with Gasteiger partial charge in [0.25, 0.3) is 0 Å². The van der Waals surface area contributed by atoms with Crippen molar-refractivity contribution in [2.75, 3.05) is 5.32 Å². The molecule has 1 aromatic carbocycles. The summed E-state index contributed by atoms with van der Waals surface area (Å²) < 4.78 is 26.7. The van der Waals surface area contributed by atoms with Crippen molar-refractivity contribution in [3.05, 3.63) is 46.4 Å². The van der Waals surface area contributed by atoms with Crippen LogP contribution >= 0.6 is 11.6 Å². The Bertz CT molecular complexity index is 617. The van der Waals surface area contributed by atoms with Crippen molar-refractivity contribution in [2.24, 2.45) is 0 Å². The topological polar surface area (TPSA) is 37.8 Å². The second-order valence-corrected chi connectivity index (χ2v) is 4.36. The quantitative estimate of drug-likeness (QED) is 0.865. The zero-order chi connectivity index (χ0) is 14.0. The summed E-state index contributed by atoms with van der Waals surface area (Å²) in [5, 5.41) is 3.04. The molecule has 0 amide bonds. The number of rotatable bonds is 3. The Morgan fingerprint density at radius 1 is 1.26 bits per heavy atom. The second-order valence-electron chi connectivity index (χ2n) is 4.01. The first-order chi connectivity index (χ1) is 9.01. The summed E-state index contributed by atoms with van der Waals surface area (Å²) in [5.74, 6) is -0.178. The average Bonchev–Trinajstić information content (AvgIpc) is 2.38. The predicted octanol–water partition coefficient (Wildman–Crippen LogP) is 4.02. The molecule has 19 heavy (non-hydrogen) atoms. The van der Waals surface area contributed by atoms with Gasteiger partial charge in [-0.15, -0.1) is 0 Å². The summed E-state index contributed by atoms with van der Waals surface area (Å²) in [6.45, 7) is 3.59. The van der Waals surface area contributed by atoms with Crippen LogP contribution in [0, 0.1) is 18.6 Å². The van der Waals surface area contributed by atoms with Crippen molar-refractivity contribution in [3.63, 3.8) is 0 Å². The van der Waals surface area contributed by atoms with Crippen LogP contribution in [0.2, 0.25) is 5.15 Å². The third kappa shape index (κ3) is 2.98. The third-order valence-corrected chi connectivity index (χ3v) is 3.00. The van der Waals surface area contributed by atoms with Crippen LogP contribution in [0.5, 0.6) is 0 Å². The first-order valence-electron chi connectivity index (χ1n) is 5.76. The van der Waals surface area contributed by atoms with E-state index < -0.39 is 11.6 Å². The number of aryl methyl sites for hydroxylation is 1. The molecule has 0 spiro atoms. The third-order valence-electron chi connectivity index (χ3n) is 2.63. The van der Waals surface area contributed by atoms with Gasteiger partial charge in [0, 0.05) is 18.1 Å². The molecule has 2 aromatic rings. The maximum Gasteiger partial charge on any atom is 0.146 e. The van der Waals surface area contributed by atoms with E-state index in [1.54, 1.807) is 6.92 Å². The minimum Gasteiger partial charge on any atom is -0.337 e. The van der Waals surface area contributed by atoms with Gasteiger partial charge in [0.1, 0.15) is 28.4 Å². The fourth-order valence-corrected chi connectivity index (χ4v) is 1.72. The van der Waals surface area contributed by atoms with Crippen molar-refractivity contribution in [1.82, 2.24) is 9.97 Å². The van der Waals surface area contributed by atoms with Gasteiger partial charge < -0.3 is 5.32 Å². The monoisotopic (exact) mass is 283 g/mol. The molecule has 0 aliphatic carbocycles. The lowest BCUT2D eigenvalue weighted by molar-refractivity contribution is 0.603. The van der Waals surface area contributed by atoms with Crippen LogP contribution in [0.15, 0.2) is 18.2 Å². The molecule has 3 nitrogen and oxygen atoms in total. The molecule has 0 atom stereocenters. The van der Waals surface area contributed by atoms with Gasteiger partial charge in [-0.2, -0.15) is 0 Å². The molecule has 0 bridgehead atoms. The number of anilines is 2. The number of nitrogens with zero attached hydrogens (tertiary/aromatic N) is 2.